The molecule has 1 N–H and O–H groups in total. The minimum absolute atomic E-state index is 0.0414. The molecule has 0 amide bonds. The molecule has 6 rings (SSSR count). The Labute approximate surface area is 312 Å². The number of hydrogen-bond donors (Lipinski definition) is 1. The van der Waals surface area contributed by atoms with E-state index in [2.05, 4.69) is 13.8 Å². The van der Waals surface area contributed by atoms with Crippen LogP contribution in [0.25, 0.3) is 0 Å². The fourth-order valence-electron chi connectivity index (χ4n) is 11.9. The van der Waals surface area contributed by atoms with E-state index in [1.807, 2.05) is 0 Å². The quantitative estimate of drug-likeness (QED) is 0.0360. The van der Waals surface area contributed by atoms with Crippen LogP contribution in [-0.4, -0.2) is 56.0 Å². The van der Waals surface area contributed by atoms with Crippen LogP contribution >= 0.6 is 0 Å². The Morgan fingerprint density at radius 3 is 1.90 bits per heavy atom. The molecule has 0 radical (unpaired) electrons. The lowest BCUT2D eigenvalue weighted by Gasteiger charge is -2.50. The fraction of sp³-hybridized carbons (Fsp3) is 0.978. The number of esters is 1. The van der Waals surface area contributed by atoms with Gasteiger partial charge in [0.2, 0.25) is 0 Å². The van der Waals surface area contributed by atoms with Crippen LogP contribution in [0.2, 0.25) is 0 Å². The molecule has 6 heteroatoms. The normalized spacial score (nSPS) is 36.4. The minimum atomic E-state index is -0.622. The summed E-state index contributed by atoms with van der Waals surface area (Å²) in [7, 11) is 0. The number of carbonyl (C=O) groups excluding carboxylic acids is 1. The van der Waals surface area contributed by atoms with Crippen LogP contribution < -0.4 is 0 Å². The summed E-state index contributed by atoms with van der Waals surface area (Å²) in [5.41, 5.74) is 0. The van der Waals surface area contributed by atoms with Gasteiger partial charge in [-0.1, -0.05) is 110 Å². The van der Waals surface area contributed by atoms with E-state index in [9.17, 15) is 9.90 Å². The lowest BCUT2D eigenvalue weighted by Crippen LogP contribution is -2.43. The largest absolute Gasteiger partial charge is 0.463 e. The number of ether oxygens (including phenoxy) is 4. The number of rotatable bonds is 29. The topological polar surface area (TPSA) is 80.8 Å². The standard InChI is InChI=1S/C45H78O6/c1-3-5-7-14-20-35-32(19-6-4-2)27-40-38-26-25-37(38)36(21-15-10-8-12-17-23-41(46)50-30-33-28-48-33)39(44-43(35)45(40)44)22-16-11-9-13-18-24-42(47)51-31-34-29-49-34/h32-41,43-46H,3-31H2,1-2H3. The molecule has 0 aromatic heterocycles. The van der Waals surface area contributed by atoms with Crippen LogP contribution in [0, 0.1) is 59.2 Å². The van der Waals surface area contributed by atoms with Crippen molar-refractivity contribution < 1.29 is 28.8 Å². The highest BCUT2D eigenvalue weighted by Gasteiger charge is 2.68. The second-order valence-corrected chi connectivity index (χ2v) is 18.3. The van der Waals surface area contributed by atoms with Crippen molar-refractivity contribution in [3.05, 3.63) is 0 Å². The van der Waals surface area contributed by atoms with Gasteiger partial charge in [0.25, 0.3) is 0 Å². The lowest BCUT2D eigenvalue weighted by atomic mass is 9.55. The number of unbranched alkanes of at least 4 members (excludes halogenated alkanes) is 12. The average Bonchev–Trinajstić information content (AvgIpc) is 3.98. The SMILES string of the molecule is CCCCCCC1C(CCCC)CC2C3CCC3C(CCCCCCCC(O)OCC3CO3)C(CCCCCCCC(=O)OCC3CO3)C3C1C23. The zero-order chi connectivity index (χ0) is 35.4. The molecule has 2 saturated heterocycles. The zero-order valence-electron chi connectivity index (χ0n) is 33.0. The first-order valence-corrected chi connectivity index (χ1v) is 22.8. The van der Waals surface area contributed by atoms with Crippen molar-refractivity contribution in [1.29, 1.82) is 0 Å². The summed E-state index contributed by atoms with van der Waals surface area (Å²) in [6, 6.07) is 0. The molecule has 4 saturated carbocycles. The number of fused-ring (bicyclic) bond motifs is 3. The molecule has 0 bridgehead atoms. The van der Waals surface area contributed by atoms with Crippen LogP contribution in [0.1, 0.15) is 174 Å². The molecular weight excluding hydrogens is 636 g/mol. The third-order valence-corrected chi connectivity index (χ3v) is 14.8. The molecule has 13 atom stereocenters. The smallest absolute Gasteiger partial charge is 0.305 e. The Kier molecular flexibility index (Phi) is 16.3. The predicted octanol–water partition coefficient (Wildman–Crippen LogP) is 10.7. The molecular formula is C45H78O6. The van der Waals surface area contributed by atoms with Crippen LogP contribution in [0.3, 0.4) is 0 Å². The first-order chi connectivity index (χ1) is 25.1. The first-order valence-electron chi connectivity index (χ1n) is 22.8. The lowest BCUT2D eigenvalue weighted by molar-refractivity contribution is -0.144. The molecule has 2 aliphatic heterocycles. The number of aliphatic hydroxyl groups excluding tert-OH is 1. The molecule has 0 aromatic carbocycles. The molecule has 4 aliphatic carbocycles. The molecule has 294 valence electrons. The summed E-state index contributed by atoms with van der Waals surface area (Å²) >= 11 is 0. The molecule has 0 spiro atoms. The van der Waals surface area contributed by atoms with E-state index in [0.29, 0.717) is 19.6 Å². The molecule has 0 aromatic rings. The van der Waals surface area contributed by atoms with Crippen molar-refractivity contribution in [2.45, 2.75) is 193 Å². The van der Waals surface area contributed by atoms with Gasteiger partial charge in [0.15, 0.2) is 6.29 Å². The molecule has 6 aliphatic rings. The summed E-state index contributed by atoms with van der Waals surface area (Å²) in [6.45, 7) is 7.29. The number of hydrogen-bond acceptors (Lipinski definition) is 6. The Bertz CT molecular complexity index is 995. The Hall–Kier alpha value is -0.690. The fourth-order valence-corrected chi connectivity index (χ4v) is 11.9. The minimum Gasteiger partial charge on any atom is -0.463 e. The van der Waals surface area contributed by atoms with E-state index < -0.39 is 6.29 Å². The maximum Gasteiger partial charge on any atom is 0.305 e. The van der Waals surface area contributed by atoms with E-state index in [1.54, 1.807) is 6.42 Å². The summed E-state index contributed by atoms with van der Waals surface area (Å²) in [5.74, 6) is 10.1. The molecule has 6 nitrogen and oxygen atoms in total. The maximum absolute atomic E-state index is 12.1. The number of epoxide rings is 2. The Morgan fingerprint density at radius 1 is 0.627 bits per heavy atom. The Balaban J connectivity index is 1.01. The summed E-state index contributed by atoms with van der Waals surface area (Å²) in [5, 5.41) is 10.2. The predicted molar refractivity (Wildman–Crippen MR) is 204 cm³/mol. The van der Waals surface area contributed by atoms with Gasteiger partial charge < -0.3 is 24.1 Å². The van der Waals surface area contributed by atoms with Crippen LogP contribution in [0.4, 0.5) is 0 Å². The highest BCUT2D eigenvalue weighted by atomic mass is 16.6. The third-order valence-electron chi connectivity index (χ3n) is 14.8. The van der Waals surface area contributed by atoms with E-state index in [1.165, 1.54) is 122 Å². The second-order valence-electron chi connectivity index (χ2n) is 18.3. The van der Waals surface area contributed by atoms with Gasteiger partial charge in [-0.05, 0) is 117 Å². The molecule has 2 heterocycles. The molecule has 6 fully saturated rings. The summed E-state index contributed by atoms with van der Waals surface area (Å²) < 4.78 is 21.2. The van der Waals surface area contributed by atoms with Gasteiger partial charge in [0.1, 0.15) is 18.8 Å². The monoisotopic (exact) mass is 715 g/mol. The Morgan fingerprint density at radius 2 is 1.22 bits per heavy atom. The van der Waals surface area contributed by atoms with E-state index in [0.717, 1.165) is 98.1 Å². The molecule has 51 heavy (non-hydrogen) atoms. The van der Waals surface area contributed by atoms with Crippen molar-refractivity contribution in [2.75, 3.05) is 26.4 Å². The average molecular weight is 715 g/mol. The van der Waals surface area contributed by atoms with Crippen molar-refractivity contribution in [1.82, 2.24) is 0 Å². The number of carbonyl (C=O) groups is 1. The zero-order valence-corrected chi connectivity index (χ0v) is 33.0. The third kappa shape index (κ3) is 11.9. The van der Waals surface area contributed by atoms with Crippen LogP contribution in [0.15, 0.2) is 0 Å². The van der Waals surface area contributed by atoms with Gasteiger partial charge in [-0.2, -0.15) is 0 Å². The second kappa shape index (κ2) is 20.8. The van der Waals surface area contributed by atoms with Crippen molar-refractivity contribution in [2.24, 2.45) is 59.2 Å². The van der Waals surface area contributed by atoms with Gasteiger partial charge >= 0.3 is 5.97 Å². The van der Waals surface area contributed by atoms with Crippen molar-refractivity contribution >= 4 is 5.97 Å². The molecule has 13 unspecified atom stereocenters. The summed E-state index contributed by atoms with van der Waals surface area (Å²) in [6.07, 6.45) is 32.6. The summed E-state index contributed by atoms with van der Waals surface area (Å²) in [4.78, 5) is 12.1. The van der Waals surface area contributed by atoms with Crippen LogP contribution in [0.5, 0.6) is 0 Å². The highest BCUT2D eigenvalue weighted by Crippen LogP contribution is 2.74. The number of aliphatic hydroxyl groups is 1. The van der Waals surface area contributed by atoms with E-state index in [-0.39, 0.29) is 18.2 Å². The van der Waals surface area contributed by atoms with Gasteiger partial charge in [-0.25, -0.2) is 0 Å². The maximum atomic E-state index is 12.1. The van der Waals surface area contributed by atoms with E-state index >= 15 is 0 Å². The van der Waals surface area contributed by atoms with Crippen molar-refractivity contribution in [3.8, 4) is 0 Å². The highest BCUT2D eigenvalue weighted by molar-refractivity contribution is 5.69. The van der Waals surface area contributed by atoms with Crippen LogP contribution in [-0.2, 0) is 23.7 Å². The first kappa shape index (κ1) is 40.0. The van der Waals surface area contributed by atoms with E-state index in [4.69, 9.17) is 18.9 Å². The van der Waals surface area contributed by atoms with Gasteiger partial charge in [0.05, 0.1) is 19.8 Å². The van der Waals surface area contributed by atoms with Gasteiger partial charge in [-0.15, -0.1) is 0 Å². The van der Waals surface area contributed by atoms with Gasteiger partial charge in [0, 0.05) is 6.42 Å². The van der Waals surface area contributed by atoms with Crippen molar-refractivity contribution in [3.63, 3.8) is 0 Å². The van der Waals surface area contributed by atoms with Gasteiger partial charge in [-0.3, -0.25) is 4.79 Å².